The number of ketones is 1. The van der Waals surface area contributed by atoms with Gasteiger partial charge in [0.1, 0.15) is 12.2 Å². The van der Waals surface area contributed by atoms with Crippen LogP contribution in [0.15, 0.2) is 53.6 Å². The molecule has 1 saturated heterocycles. The summed E-state index contributed by atoms with van der Waals surface area (Å²) in [7, 11) is 0. The van der Waals surface area contributed by atoms with Crippen LogP contribution in [0.25, 0.3) is 0 Å². The molecule has 5 nitrogen and oxygen atoms in total. The Bertz CT molecular complexity index is 882. The summed E-state index contributed by atoms with van der Waals surface area (Å²) in [5.41, 5.74) is 3.26. The smallest absolute Gasteiger partial charge is 0.310 e. The van der Waals surface area contributed by atoms with E-state index < -0.39 is 18.1 Å². The number of ether oxygens (including phenoxy) is 2. The van der Waals surface area contributed by atoms with Gasteiger partial charge in [-0.1, -0.05) is 55.0 Å². The molecule has 1 heterocycles. The molecule has 0 aromatic heterocycles. The van der Waals surface area contributed by atoms with Gasteiger partial charge < -0.3 is 9.47 Å². The first kappa shape index (κ1) is 18.7. The lowest BCUT2D eigenvalue weighted by atomic mass is 9.80. The summed E-state index contributed by atoms with van der Waals surface area (Å²) < 4.78 is 11.6. The maximum Gasteiger partial charge on any atom is 0.310 e. The molecule has 0 bridgehead atoms. The Morgan fingerprint density at radius 1 is 1.25 bits per heavy atom. The van der Waals surface area contributed by atoms with Crippen molar-refractivity contribution in [2.24, 2.45) is 17.8 Å². The first-order valence-corrected chi connectivity index (χ1v) is 9.71. The van der Waals surface area contributed by atoms with Gasteiger partial charge in [-0.05, 0) is 12.5 Å². The zero-order valence-electron chi connectivity index (χ0n) is 16.1. The molecule has 0 N–H and O–H groups in total. The predicted octanol–water partition coefficient (Wildman–Crippen LogP) is 3.18. The average Bonchev–Trinajstić information content (AvgIpc) is 3.05. The molecule has 4 rings (SSSR count). The van der Waals surface area contributed by atoms with E-state index in [4.69, 9.17) is 9.47 Å². The van der Waals surface area contributed by atoms with Crippen LogP contribution in [-0.4, -0.2) is 29.9 Å². The SMILES string of the molecule is C=C1CC(=O)C2=C(C)C[C@H](OC(=O)Cc3ccccc3)C3[C@H](OC(=O)[C@H]3C)C12. The van der Waals surface area contributed by atoms with Gasteiger partial charge in [-0.2, -0.15) is 0 Å². The van der Waals surface area contributed by atoms with Crippen LogP contribution < -0.4 is 0 Å². The van der Waals surface area contributed by atoms with E-state index in [0.29, 0.717) is 18.4 Å². The zero-order valence-corrected chi connectivity index (χ0v) is 16.1. The third-order valence-electron chi connectivity index (χ3n) is 6.22. The lowest BCUT2D eigenvalue weighted by Gasteiger charge is -2.29. The van der Waals surface area contributed by atoms with Crippen molar-refractivity contribution in [3.05, 3.63) is 59.2 Å². The van der Waals surface area contributed by atoms with Crippen molar-refractivity contribution < 1.29 is 23.9 Å². The molecule has 0 radical (unpaired) electrons. The highest BCUT2D eigenvalue weighted by Crippen LogP contribution is 2.49. The summed E-state index contributed by atoms with van der Waals surface area (Å²) in [6, 6.07) is 9.41. The Labute approximate surface area is 164 Å². The van der Waals surface area contributed by atoms with Gasteiger partial charge >= 0.3 is 11.9 Å². The summed E-state index contributed by atoms with van der Waals surface area (Å²) in [5.74, 6) is -1.56. The summed E-state index contributed by atoms with van der Waals surface area (Å²) in [6.07, 6.45) is -0.0917. The molecule has 2 aliphatic carbocycles. The summed E-state index contributed by atoms with van der Waals surface area (Å²) in [4.78, 5) is 37.5. The number of hydrogen-bond acceptors (Lipinski definition) is 5. The van der Waals surface area contributed by atoms with Crippen LogP contribution in [0.2, 0.25) is 0 Å². The largest absolute Gasteiger partial charge is 0.461 e. The molecular formula is C23H24O5. The van der Waals surface area contributed by atoms with Crippen molar-refractivity contribution in [2.45, 2.75) is 45.3 Å². The molecule has 146 valence electrons. The molecular weight excluding hydrogens is 356 g/mol. The third-order valence-corrected chi connectivity index (χ3v) is 6.22. The topological polar surface area (TPSA) is 69.7 Å². The number of fused-ring (bicyclic) bond motifs is 3. The van der Waals surface area contributed by atoms with Crippen LogP contribution in [0.4, 0.5) is 0 Å². The second-order valence-electron chi connectivity index (χ2n) is 8.09. The van der Waals surface area contributed by atoms with Crippen LogP contribution in [0, 0.1) is 17.8 Å². The minimum absolute atomic E-state index is 0.0399. The Balaban J connectivity index is 1.63. The summed E-state index contributed by atoms with van der Waals surface area (Å²) in [6.45, 7) is 7.78. The maximum absolute atomic E-state index is 12.6. The molecule has 1 aromatic rings. The van der Waals surface area contributed by atoms with E-state index in [0.717, 1.165) is 16.7 Å². The van der Waals surface area contributed by atoms with Gasteiger partial charge in [0.05, 0.1) is 12.3 Å². The Morgan fingerprint density at radius 3 is 2.68 bits per heavy atom. The van der Waals surface area contributed by atoms with Crippen molar-refractivity contribution in [3.63, 3.8) is 0 Å². The molecule has 28 heavy (non-hydrogen) atoms. The number of carbonyl (C=O) groups excluding carboxylic acids is 3. The first-order valence-electron chi connectivity index (χ1n) is 9.71. The Hall–Kier alpha value is -2.69. The molecule has 5 heteroatoms. The van der Waals surface area contributed by atoms with E-state index in [1.807, 2.05) is 44.2 Å². The van der Waals surface area contributed by atoms with E-state index in [2.05, 4.69) is 6.58 Å². The van der Waals surface area contributed by atoms with Crippen molar-refractivity contribution in [3.8, 4) is 0 Å². The normalized spacial score (nSPS) is 31.9. The molecule has 2 fully saturated rings. The van der Waals surface area contributed by atoms with E-state index in [9.17, 15) is 14.4 Å². The van der Waals surface area contributed by atoms with Crippen LogP contribution in [-0.2, 0) is 30.3 Å². The number of rotatable bonds is 3. The summed E-state index contributed by atoms with van der Waals surface area (Å²) >= 11 is 0. The first-order chi connectivity index (χ1) is 13.4. The fourth-order valence-electron chi connectivity index (χ4n) is 4.92. The van der Waals surface area contributed by atoms with Crippen molar-refractivity contribution >= 4 is 17.7 Å². The van der Waals surface area contributed by atoms with Gasteiger partial charge in [-0.25, -0.2) is 0 Å². The average molecular weight is 380 g/mol. The highest BCUT2D eigenvalue weighted by Gasteiger charge is 2.56. The number of carbonyl (C=O) groups is 3. The molecule has 1 aromatic carbocycles. The van der Waals surface area contributed by atoms with Crippen LogP contribution >= 0.6 is 0 Å². The molecule has 1 saturated carbocycles. The van der Waals surface area contributed by atoms with E-state index in [1.54, 1.807) is 0 Å². The number of hydrogen-bond donors (Lipinski definition) is 0. The minimum atomic E-state index is -0.499. The van der Waals surface area contributed by atoms with E-state index in [1.165, 1.54) is 0 Å². The van der Waals surface area contributed by atoms with Crippen molar-refractivity contribution in [1.82, 2.24) is 0 Å². The second kappa shape index (κ2) is 7.04. The molecule has 0 amide bonds. The van der Waals surface area contributed by atoms with Gasteiger partial charge in [0.25, 0.3) is 0 Å². The van der Waals surface area contributed by atoms with Gasteiger partial charge in [-0.15, -0.1) is 0 Å². The summed E-state index contributed by atoms with van der Waals surface area (Å²) in [5, 5.41) is 0. The van der Waals surface area contributed by atoms with Gasteiger partial charge in [-0.3, -0.25) is 14.4 Å². The molecule has 5 atom stereocenters. The predicted molar refractivity (Wildman–Crippen MR) is 102 cm³/mol. The van der Waals surface area contributed by atoms with Gasteiger partial charge in [0, 0.05) is 30.3 Å². The fraction of sp³-hybridized carbons (Fsp3) is 0.435. The van der Waals surface area contributed by atoms with Crippen molar-refractivity contribution in [1.29, 1.82) is 0 Å². The van der Waals surface area contributed by atoms with Crippen LogP contribution in [0.3, 0.4) is 0 Å². The van der Waals surface area contributed by atoms with Crippen molar-refractivity contribution in [2.75, 3.05) is 0 Å². The fourth-order valence-corrected chi connectivity index (χ4v) is 4.92. The quantitative estimate of drug-likeness (QED) is 0.595. The monoisotopic (exact) mass is 380 g/mol. The third kappa shape index (κ3) is 3.09. The lowest BCUT2D eigenvalue weighted by Crippen LogP contribution is -2.38. The Kier molecular flexibility index (Phi) is 4.69. The highest BCUT2D eigenvalue weighted by atomic mass is 16.6. The standard InChI is InChI=1S/C23H24O5/c1-12-9-16(24)19-13(2)10-17(21-14(3)23(26)28-22(21)20(12)19)27-18(25)11-15-7-5-4-6-8-15/h4-8,14,17,20-22H,1,9-11H2,2-3H3/t14-,17-,20?,21?,22+/m0/s1. The minimum Gasteiger partial charge on any atom is -0.461 e. The zero-order chi connectivity index (χ0) is 20.0. The van der Waals surface area contributed by atoms with E-state index in [-0.39, 0.29) is 36.0 Å². The molecule has 2 unspecified atom stereocenters. The molecule has 1 aliphatic heterocycles. The van der Waals surface area contributed by atoms with Gasteiger partial charge in [0.15, 0.2) is 5.78 Å². The highest BCUT2D eigenvalue weighted by molar-refractivity contribution is 6.02. The maximum atomic E-state index is 12.6. The molecule has 3 aliphatic rings. The number of Topliss-reactive ketones (excluding diaryl/α,β-unsaturated/α-hetero) is 1. The van der Waals surface area contributed by atoms with Crippen LogP contribution in [0.1, 0.15) is 32.3 Å². The number of esters is 2. The number of benzene rings is 1. The Morgan fingerprint density at radius 2 is 1.96 bits per heavy atom. The lowest BCUT2D eigenvalue weighted by molar-refractivity contribution is -0.152. The van der Waals surface area contributed by atoms with Gasteiger partial charge in [0.2, 0.25) is 0 Å². The van der Waals surface area contributed by atoms with Crippen LogP contribution in [0.5, 0.6) is 0 Å². The van der Waals surface area contributed by atoms with E-state index >= 15 is 0 Å². The molecule has 0 spiro atoms. The second-order valence-corrected chi connectivity index (χ2v) is 8.09.